The first-order valence-corrected chi connectivity index (χ1v) is 8.67. The maximum Gasteiger partial charge on any atom is 0.247 e. The first-order valence-electron chi connectivity index (χ1n) is 7.23. The highest BCUT2D eigenvalue weighted by Gasteiger charge is 2.33. The van der Waals surface area contributed by atoms with Crippen LogP contribution in [-0.4, -0.2) is 37.0 Å². The van der Waals surface area contributed by atoms with E-state index in [4.69, 9.17) is 10.3 Å². The quantitative estimate of drug-likeness (QED) is 0.892. The van der Waals surface area contributed by atoms with Crippen molar-refractivity contribution in [3.63, 3.8) is 0 Å². The zero-order valence-corrected chi connectivity index (χ0v) is 14.8. The molecular formula is C15H22N4O3S. The fourth-order valence-electron chi connectivity index (χ4n) is 1.87. The third kappa shape index (κ3) is 3.15. The predicted molar refractivity (Wildman–Crippen MR) is 87.0 cm³/mol. The Labute approximate surface area is 136 Å². The molecule has 0 spiro atoms. The van der Waals surface area contributed by atoms with Crippen molar-refractivity contribution in [2.75, 3.05) is 14.1 Å². The fraction of sp³-hybridized carbons (Fsp3) is 0.467. The topological polar surface area (TPSA) is 102 Å². The molecule has 0 amide bonds. The van der Waals surface area contributed by atoms with E-state index in [-0.39, 0.29) is 22.5 Å². The summed E-state index contributed by atoms with van der Waals surface area (Å²) in [7, 11) is -0.666. The highest BCUT2D eigenvalue weighted by Crippen LogP contribution is 2.30. The van der Waals surface area contributed by atoms with Crippen LogP contribution in [0, 0.1) is 5.92 Å². The molecule has 23 heavy (non-hydrogen) atoms. The van der Waals surface area contributed by atoms with Gasteiger partial charge in [0.05, 0.1) is 10.4 Å². The van der Waals surface area contributed by atoms with E-state index in [1.807, 2.05) is 13.8 Å². The SMILES string of the molecule is CC(C)C(C)(N)c1nc(-c2ccccc2S(=O)(=O)N(C)C)no1. The lowest BCUT2D eigenvalue weighted by atomic mass is 9.90. The Morgan fingerprint density at radius 3 is 2.43 bits per heavy atom. The standard InChI is InChI=1S/C15H22N4O3S/c1-10(2)15(3,16)14-17-13(18-22-14)11-8-6-7-9-12(11)23(20,21)19(4)5/h6-10H,16H2,1-5H3. The molecule has 0 radical (unpaired) electrons. The van der Waals surface area contributed by atoms with Crippen LogP contribution in [0.15, 0.2) is 33.7 Å². The van der Waals surface area contributed by atoms with Gasteiger partial charge in [0, 0.05) is 19.7 Å². The van der Waals surface area contributed by atoms with Gasteiger partial charge in [-0.3, -0.25) is 0 Å². The fourth-order valence-corrected chi connectivity index (χ4v) is 2.95. The van der Waals surface area contributed by atoms with Crippen LogP contribution in [0.4, 0.5) is 0 Å². The average Bonchev–Trinajstić information content (AvgIpc) is 2.97. The van der Waals surface area contributed by atoms with E-state index < -0.39 is 15.6 Å². The first kappa shape index (κ1) is 17.6. The van der Waals surface area contributed by atoms with Gasteiger partial charge in [-0.15, -0.1) is 0 Å². The van der Waals surface area contributed by atoms with Crippen molar-refractivity contribution in [3.8, 4) is 11.4 Å². The molecule has 0 aliphatic rings. The normalized spacial score (nSPS) is 15.1. The van der Waals surface area contributed by atoms with E-state index in [0.29, 0.717) is 5.56 Å². The Morgan fingerprint density at radius 2 is 1.87 bits per heavy atom. The monoisotopic (exact) mass is 338 g/mol. The van der Waals surface area contributed by atoms with Gasteiger partial charge in [-0.1, -0.05) is 31.1 Å². The lowest BCUT2D eigenvalue weighted by Gasteiger charge is -2.24. The smallest absolute Gasteiger partial charge is 0.247 e. The Hall–Kier alpha value is -1.77. The molecule has 0 saturated carbocycles. The molecule has 7 nitrogen and oxygen atoms in total. The van der Waals surface area contributed by atoms with Gasteiger partial charge in [-0.25, -0.2) is 12.7 Å². The largest absolute Gasteiger partial charge is 0.337 e. The molecule has 0 saturated heterocycles. The van der Waals surface area contributed by atoms with Crippen molar-refractivity contribution < 1.29 is 12.9 Å². The number of benzene rings is 1. The van der Waals surface area contributed by atoms with Gasteiger partial charge >= 0.3 is 0 Å². The van der Waals surface area contributed by atoms with E-state index in [9.17, 15) is 8.42 Å². The predicted octanol–water partition coefficient (Wildman–Crippen LogP) is 1.82. The summed E-state index contributed by atoms with van der Waals surface area (Å²) in [6.45, 7) is 5.71. The van der Waals surface area contributed by atoms with Crippen molar-refractivity contribution in [2.45, 2.75) is 31.2 Å². The Balaban J connectivity index is 2.56. The Morgan fingerprint density at radius 1 is 1.26 bits per heavy atom. The maximum absolute atomic E-state index is 12.5. The second-order valence-corrected chi connectivity index (χ2v) is 8.26. The number of nitrogens with zero attached hydrogens (tertiary/aromatic N) is 3. The van der Waals surface area contributed by atoms with Crippen LogP contribution in [0.1, 0.15) is 26.7 Å². The number of hydrogen-bond donors (Lipinski definition) is 1. The molecule has 2 aromatic rings. The van der Waals surface area contributed by atoms with Crippen molar-refractivity contribution in [2.24, 2.45) is 11.7 Å². The third-order valence-electron chi connectivity index (χ3n) is 3.97. The summed E-state index contributed by atoms with van der Waals surface area (Å²) < 4.78 is 31.3. The van der Waals surface area contributed by atoms with Crippen LogP contribution in [0.3, 0.4) is 0 Å². The molecule has 8 heteroatoms. The summed E-state index contributed by atoms with van der Waals surface area (Å²) in [6.07, 6.45) is 0. The van der Waals surface area contributed by atoms with Gasteiger partial charge in [-0.2, -0.15) is 4.98 Å². The molecule has 1 atom stereocenters. The van der Waals surface area contributed by atoms with Crippen LogP contribution in [0.2, 0.25) is 0 Å². The summed E-state index contributed by atoms with van der Waals surface area (Å²) >= 11 is 0. The van der Waals surface area contributed by atoms with Crippen molar-refractivity contribution in [1.82, 2.24) is 14.4 Å². The number of rotatable bonds is 5. The second kappa shape index (κ2) is 6.03. The number of nitrogens with two attached hydrogens (primary N) is 1. The zero-order chi connectivity index (χ0) is 17.4. The summed E-state index contributed by atoms with van der Waals surface area (Å²) in [5, 5.41) is 3.92. The molecule has 0 aliphatic carbocycles. The second-order valence-electron chi connectivity index (χ2n) is 6.14. The van der Waals surface area contributed by atoms with Crippen molar-refractivity contribution >= 4 is 10.0 Å². The molecule has 2 N–H and O–H groups in total. The molecule has 0 fully saturated rings. The summed E-state index contributed by atoms with van der Waals surface area (Å²) in [5.74, 6) is 0.564. The van der Waals surface area contributed by atoms with Gasteiger partial charge in [0.25, 0.3) is 0 Å². The lowest BCUT2D eigenvalue weighted by Crippen LogP contribution is -2.38. The Bertz CT molecular complexity index is 795. The molecule has 2 rings (SSSR count). The first-order chi connectivity index (χ1) is 10.6. The minimum atomic E-state index is -3.62. The van der Waals surface area contributed by atoms with Crippen LogP contribution in [0.25, 0.3) is 11.4 Å². The maximum atomic E-state index is 12.5. The summed E-state index contributed by atoms with van der Waals surface area (Å²) in [6, 6.07) is 6.55. The van der Waals surface area contributed by atoms with E-state index in [0.717, 1.165) is 4.31 Å². The summed E-state index contributed by atoms with van der Waals surface area (Å²) in [5.41, 5.74) is 5.82. The highest BCUT2D eigenvalue weighted by molar-refractivity contribution is 7.89. The molecular weight excluding hydrogens is 316 g/mol. The number of hydrogen-bond acceptors (Lipinski definition) is 6. The number of aromatic nitrogens is 2. The van der Waals surface area contributed by atoms with Crippen LogP contribution >= 0.6 is 0 Å². The van der Waals surface area contributed by atoms with Crippen LogP contribution in [-0.2, 0) is 15.6 Å². The molecule has 1 heterocycles. The van der Waals surface area contributed by atoms with E-state index in [1.165, 1.54) is 20.2 Å². The Kier molecular flexibility index (Phi) is 4.61. The highest BCUT2D eigenvalue weighted by atomic mass is 32.2. The number of sulfonamides is 1. The molecule has 0 bridgehead atoms. The van der Waals surface area contributed by atoms with E-state index >= 15 is 0 Å². The minimum absolute atomic E-state index is 0.0801. The molecule has 1 aromatic heterocycles. The van der Waals surface area contributed by atoms with Gasteiger partial charge in [0.1, 0.15) is 0 Å². The lowest BCUT2D eigenvalue weighted by molar-refractivity contribution is 0.242. The van der Waals surface area contributed by atoms with Crippen molar-refractivity contribution in [1.29, 1.82) is 0 Å². The third-order valence-corrected chi connectivity index (χ3v) is 5.85. The van der Waals surface area contributed by atoms with Gasteiger partial charge in [-0.05, 0) is 25.0 Å². The van der Waals surface area contributed by atoms with Gasteiger partial charge < -0.3 is 10.3 Å². The van der Waals surface area contributed by atoms with Crippen LogP contribution < -0.4 is 5.73 Å². The molecule has 1 unspecified atom stereocenters. The average molecular weight is 338 g/mol. The van der Waals surface area contributed by atoms with Crippen molar-refractivity contribution in [3.05, 3.63) is 30.2 Å². The summed E-state index contributed by atoms with van der Waals surface area (Å²) in [4.78, 5) is 4.45. The van der Waals surface area contributed by atoms with Crippen LogP contribution in [0.5, 0.6) is 0 Å². The minimum Gasteiger partial charge on any atom is -0.337 e. The molecule has 1 aromatic carbocycles. The van der Waals surface area contributed by atoms with E-state index in [2.05, 4.69) is 10.1 Å². The molecule has 0 aliphatic heterocycles. The van der Waals surface area contributed by atoms with Gasteiger partial charge in [0.2, 0.25) is 21.7 Å². The molecule has 126 valence electrons. The van der Waals surface area contributed by atoms with Gasteiger partial charge in [0.15, 0.2) is 0 Å². The zero-order valence-electron chi connectivity index (χ0n) is 13.9. The van der Waals surface area contributed by atoms with E-state index in [1.54, 1.807) is 25.1 Å².